The molecular formula is C18H19N3. The first-order valence-electron chi connectivity index (χ1n) is 7.25. The van der Waals surface area contributed by atoms with Gasteiger partial charge in [-0.1, -0.05) is 41.6 Å². The number of para-hydroxylation sites is 1. The maximum Gasteiger partial charge on any atom is 0.0835 e. The van der Waals surface area contributed by atoms with Gasteiger partial charge in [-0.25, -0.2) is 4.68 Å². The predicted molar refractivity (Wildman–Crippen MR) is 84.7 cm³/mol. The molecule has 0 amide bonds. The van der Waals surface area contributed by atoms with Crippen LogP contribution in [0.4, 0.5) is 0 Å². The van der Waals surface area contributed by atoms with Crippen LogP contribution in [0.5, 0.6) is 0 Å². The van der Waals surface area contributed by atoms with Gasteiger partial charge in [0.2, 0.25) is 0 Å². The third-order valence-electron chi connectivity index (χ3n) is 3.80. The molecule has 0 aliphatic carbocycles. The van der Waals surface area contributed by atoms with Gasteiger partial charge in [0.05, 0.1) is 17.6 Å². The lowest BCUT2D eigenvalue weighted by Crippen LogP contribution is -1.94. The number of rotatable bonds is 4. The Morgan fingerprint density at radius 3 is 2.48 bits per heavy atom. The number of nitrogens with zero attached hydrogens (tertiary/aromatic N) is 3. The zero-order valence-electron chi connectivity index (χ0n) is 12.5. The van der Waals surface area contributed by atoms with Gasteiger partial charge in [-0.2, -0.15) is 0 Å². The van der Waals surface area contributed by atoms with Crippen LogP contribution in [0.25, 0.3) is 5.69 Å². The smallest absolute Gasteiger partial charge is 0.0835 e. The Morgan fingerprint density at radius 1 is 0.905 bits per heavy atom. The highest BCUT2D eigenvalue weighted by Gasteiger charge is 2.04. The minimum Gasteiger partial charge on any atom is -0.220 e. The lowest BCUT2D eigenvalue weighted by molar-refractivity contribution is 0.794. The fraction of sp³-hybridized carbons (Fsp3) is 0.222. The summed E-state index contributed by atoms with van der Waals surface area (Å²) in [6.45, 7) is 4.30. The molecule has 0 unspecified atom stereocenters. The second kappa shape index (κ2) is 5.92. The molecule has 0 saturated carbocycles. The van der Waals surface area contributed by atoms with Crippen LogP contribution in [0.3, 0.4) is 0 Å². The van der Waals surface area contributed by atoms with Crippen LogP contribution < -0.4 is 0 Å². The number of hydrogen-bond donors (Lipinski definition) is 0. The molecule has 0 radical (unpaired) electrons. The standard InChI is InChI=1S/C18H19N3/c1-14-8-9-16(12-15(14)2)10-11-17-13-21(20-19-17)18-6-4-3-5-7-18/h3-9,12-13H,10-11H2,1-2H3. The van der Waals surface area contributed by atoms with Crippen molar-refractivity contribution in [2.45, 2.75) is 26.7 Å². The van der Waals surface area contributed by atoms with Crippen LogP contribution in [0.2, 0.25) is 0 Å². The molecule has 3 nitrogen and oxygen atoms in total. The first-order valence-corrected chi connectivity index (χ1v) is 7.25. The Morgan fingerprint density at radius 2 is 1.71 bits per heavy atom. The number of benzene rings is 2. The molecule has 0 aliphatic rings. The highest BCUT2D eigenvalue weighted by atomic mass is 15.4. The van der Waals surface area contributed by atoms with Crippen molar-refractivity contribution in [2.75, 3.05) is 0 Å². The number of aromatic nitrogens is 3. The normalized spacial score (nSPS) is 10.8. The summed E-state index contributed by atoms with van der Waals surface area (Å²) in [7, 11) is 0. The lowest BCUT2D eigenvalue weighted by atomic mass is 10.0. The molecule has 106 valence electrons. The molecule has 0 N–H and O–H groups in total. The molecule has 0 spiro atoms. The highest BCUT2D eigenvalue weighted by Crippen LogP contribution is 2.12. The summed E-state index contributed by atoms with van der Waals surface area (Å²) in [6, 6.07) is 16.7. The van der Waals surface area contributed by atoms with E-state index in [1.165, 1.54) is 16.7 Å². The van der Waals surface area contributed by atoms with E-state index in [1.807, 2.05) is 41.2 Å². The Hall–Kier alpha value is -2.42. The van der Waals surface area contributed by atoms with Gasteiger partial charge >= 0.3 is 0 Å². The zero-order chi connectivity index (χ0) is 14.7. The minimum absolute atomic E-state index is 0.912. The molecule has 2 aromatic carbocycles. The Labute approximate surface area is 125 Å². The summed E-state index contributed by atoms with van der Waals surface area (Å²) in [6.07, 6.45) is 3.92. The number of hydrogen-bond acceptors (Lipinski definition) is 2. The molecule has 0 fully saturated rings. The zero-order valence-corrected chi connectivity index (χ0v) is 12.5. The second-order valence-electron chi connectivity index (χ2n) is 5.41. The van der Waals surface area contributed by atoms with Gasteiger partial charge in [-0.05, 0) is 55.5 Å². The van der Waals surface area contributed by atoms with Gasteiger partial charge in [0.25, 0.3) is 0 Å². The van der Waals surface area contributed by atoms with E-state index in [1.54, 1.807) is 0 Å². The topological polar surface area (TPSA) is 30.7 Å². The SMILES string of the molecule is Cc1ccc(CCc2cn(-c3ccccc3)nn2)cc1C. The Kier molecular flexibility index (Phi) is 3.82. The van der Waals surface area contributed by atoms with Crippen LogP contribution in [0.15, 0.2) is 54.7 Å². The summed E-state index contributed by atoms with van der Waals surface area (Å²) in [5, 5.41) is 8.46. The fourth-order valence-electron chi connectivity index (χ4n) is 2.35. The first-order chi connectivity index (χ1) is 10.2. The van der Waals surface area contributed by atoms with E-state index in [9.17, 15) is 0 Å². The van der Waals surface area contributed by atoms with Crippen LogP contribution in [0, 0.1) is 13.8 Å². The van der Waals surface area contributed by atoms with Crippen LogP contribution in [-0.2, 0) is 12.8 Å². The molecule has 1 aromatic heterocycles. The molecule has 0 bridgehead atoms. The molecule has 3 rings (SSSR count). The molecule has 21 heavy (non-hydrogen) atoms. The monoisotopic (exact) mass is 277 g/mol. The highest BCUT2D eigenvalue weighted by molar-refractivity contribution is 5.31. The summed E-state index contributed by atoms with van der Waals surface area (Å²) in [5.74, 6) is 0. The molecule has 3 heteroatoms. The van der Waals surface area contributed by atoms with Crippen molar-refractivity contribution in [3.05, 3.63) is 77.1 Å². The third-order valence-corrected chi connectivity index (χ3v) is 3.80. The van der Waals surface area contributed by atoms with Gasteiger partial charge in [-0.3, -0.25) is 0 Å². The van der Waals surface area contributed by atoms with Gasteiger partial charge in [0.1, 0.15) is 0 Å². The van der Waals surface area contributed by atoms with E-state index in [0.29, 0.717) is 0 Å². The summed E-state index contributed by atoms with van der Waals surface area (Å²) < 4.78 is 1.83. The number of aryl methyl sites for hydroxylation is 4. The van der Waals surface area contributed by atoms with E-state index in [4.69, 9.17) is 0 Å². The maximum atomic E-state index is 4.26. The van der Waals surface area contributed by atoms with Gasteiger partial charge in [0, 0.05) is 0 Å². The molecule has 0 saturated heterocycles. The molecule has 3 aromatic rings. The van der Waals surface area contributed by atoms with E-state index in [0.717, 1.165) is 24.2 Å². The second-order valence-corrected chi connectivity index (χ2v) is 5.41. The summed E-state index contributed by atoms with van der Waals surface area (Å²) in [4.78, 5) is 0. The maximum absolute atomic E-state index is 4.26. The van der Waals surface area contributed by atoms with E-state index in [-0.39, 0.29) is 0 Å². The molecule has 0 aliphatic heterocycles. The fourth-order valence-corrected chi connectivity index (χ4v) is 2.35. The molecular weight excluding hydrogens is 258 g/mol. The van der Waals surface area contributed by atoms with Gasteiger partial charge in [-0.15, -0.1) is 5.10 Å². The van der Waals surface area contributed by atoms with Crippen molar-refractivity contribution in [3.63, 3.8) is 0 Å². The van der Waals surface area contributed by atoms with Crippen molar-refractivity contribution >= 4 is 0 Å². The Balaban J connectivity index is 1.69. The van der Waals surface area contributed by atoms with Crippen molar-refractivity contribution < 1.29 is 0 Å². The summed E-state index contributed by atoms with van der Waals surface area (Å²) in [5.41, 5.74) is 6.11. The lowest BCUT2D eigenvalue weighted by Gasteiger charge is -2.04. The van der Waals surface area contributed by atoms with Gasteiger partial charge in [0.15, 0.2) is 0 Å². The first kappa shape index (κ1) is 13.6. The minimum atomic E-state index is 0.912. The predicted octanol–water partition coefficient (Wildman–Crippen LogP) is 3.67. The van der Waals surface area contributed by atoms with Crippen molar-refractivity contribution in [1.82, 2.24) is 15.0 Å². The van der Waals surface area contributed by atoms with Crippen LogP contribution >= 0.6 is 0 Å². The largest absolute Gasteiger partial charge is 0.220 e. The average Bonchev–Trinajstić information content (AvgIpc) is 2.98. The van der Waals surface area contributed by atoms with Crippen molar-refractivity contribution in [2.24, 2.45) is 0 Å². The molecule has 1 heterocycles. The van der Waals surface area contributed by atoms with E-state index < -0.39 is 0 Å². The Bertz CT molecular complexity index is 729. The van der Waals surface area contributed by atoms with Crippen molar-refractivity contribution in [3.8, 4) is 5.69 Å². The third kappa shape index (κ3) is 3.19. The van der Waals surface area contributed by atoms with Gasteiger partial charge < -0.3 is 0 Å². The summed E-state index contributed by atoms with van der Waals surface area (Å²) >= 11 is 0. The van der Waals surface area contributed by atoms with E-state index >= 15 is 0 Å². The van der Waals surface area contributed by atoms with Crippen LogP contribution in [0.1, 0.15) is 22.4 Å². The quantitative estimate of drug-likeness (QED) is 0.728. The van der Waals surface area contributed by atoms with Crippen molar-refractivity contribution in [1.29, 1.82) is 0 Å². The van der Waals surface area contributed by atoms with E-state index in [2.05, 4.69) is 42.4 Å². The molecule has 0 atom stereocenters. The average molecular weight is 277 g/mol. The van der Waals surface area contributed by atoms with Crippen LogP contribution in [-0.4, -0.2) is 15.0 Å².